The van der Waals surface area contributed by atoms with Gasteiger partial charge in [0, 0.05) is 92.4 Å². The Kier molecular flexibility index (Phi) is 16.0. The standard InChI is InChI=1S/C33H31F3N6O2.C29H32ClF4N7O2/c1-2-23-26(35)7-4-18-10-22(43)11-24(27(18)23)29-28(36)30-25(13-37-29)31(41-15-20-5-6-21(16-41)38-20)40-32(39-30)44-17-33-8-3-9-42(33)14-19(34)12-33;1-5-21(42)40-9-10-41(16(3)13-40)27-18-12-19(30)22(26-23(29(32,33)34)15(2)11-20(35)36-26)24(31)25(18)37-28(38-27)43-14-17-7-6-8-39(17)4/h1,4,7,10-11,13,19-21,38,43H,3,5-6,8-9,12,14-17H2;5,11-12,16-17H,1,6-10,13-14H2,2-4H3,(H2,35,36). The van der Waals surface area contributed by atoms with E-state index in [0.29, 0.717) is 74.4 Å². The molecule has 0 radical (unpaired) electrons. The third kappa shape index (κ3) is 11.2. The summed E-state index contributed by atoms with van der Waals surface area (Å²) in [6.07, 6.45) is 8.82. The van der Waals surface area contributed by atoms with E-state index in [-0.39, 0.29) is 110 Å². The van der Waals surface area contributed by atoms with Gasteiger partial charge in [0.2, 0.25) is 5.91 Å². The molecule has 10 heterocycles. The van der Waals surface area contributed by atoms with Crippen molar-refractivity contribution in [1.29, 1.82) is 0 Å². The number of anilines is 3. The molecule has 25 heteroatoms. The van der Waals surface area contributed by atoms with Gasteiger partial charge < -0.3 is 45.2 Å². The summed E-state index contributed by atoms with van der Waals surface area (Å²) in [5.41, 5.74) is 2.39. The summed E-state index contributed by atoms with van der Waals surface area (Å²) in [4.78, 5) is 48.8. The number of aryl methyl sites for hydroxylation is 1. The number of aromatic hydroxyl groups is 1. The monoisotopic (exact) mass is 1220 g/mol. The van der Waals surface area contributed by atoms with Crippen molar-refractivity contribution in [3.63, 3.8) is 0 Å². The zero-order valence-corrected chi connectivity index (χ0v) is 48.8. The number of nitrogens with two attached hydrogens (primary N) is 1. The van der Waals surface area contributed by atoms with Crippen LogP contribution in [-0.2, 0) is 11.0 Å². The van der Waals surface area contributed by atoms with Crippen LogP contribution in [0.15, 0.2) is 55.3 Å². The predicted molar refractivity (Wildman–Crippen MR) is 317 cm³/mol. The van der Waals surface area contributed by atoms with Gasteiger partial charge >= 0.3 is 18.2 Å². The van der Waals surface area contributed by atoms with Crippen LogP contribution in [0.2, 0.25) is 5.02 Å². The zero-order chi connectivity index (χ0) is 61.4. The number of likely N-dealkylation sites (tertiary alicyclic amines) is 1. The number of hydrogen-bond acceptors (Lipinski definition) is 16. The summed E-state index contributed by atoms with van der Waals surface area (Å²) < 4.78 is 117. The second-order valence-electron chi connectivity index (χ2n) is 23.6. The summed E-state index contributed by atoms with van der Waals surface area (Å²) in [5.74, 6) is 0.0974. The number of aromatic nitrogens is 6. The molecule has 17 nitrogen and oxygen atoms in total. The molecule has 6 aliphatic rings. The fourth-order valence-electron chi connectivity index (χ4n) is 13.7. The maximum Gasteiger partial charge on any atom is 0.418 e. The Morgan fingerprint density at radius 2 is 1.66 bits per heavy atom. The molecule has 0 spiro atoms. The molecule has 1 amide bonds. The number of nitrogens with zero attached hydrogens (tertiary/aromatic N) is 11. The van der Waals surface area contributed by atoms with Gasteiger partial charge in [0.1, 0.15) is 65.1 Å². The predicted octanol–water partition coefficient (Wildman–Crippen LogP) is 9.80. The third-order valence-corrected chi connectivity index (χ3v) is 18.2. The topological polar surface area (TPSA) is 187 Å². The largest absolute Gasteiger partial charge is 0.508 e. The molecule has 6 saturated heterocycles. The van der Waals surface area contributed by atoms with Crippen molar-refractivity contribution in [3.05, 3.63) is 94.4 Å². The van der Waals surface area contributed by atoms with Gasteiger partial charge in [-0.15, -0.1) is 6.42 Å². The summed E-state index contributed by atoms with van der Waals surface area (Å²) >= 11 is 6.54. The smallest absolute Gasteiger partial charge is 0.418 e. The van der Waals surface area contributed by atoms with E-state index in [9.17, 15) is 31.9 Å². The Hall–Kier alpha value is -7.85. The van der Waals surface area contributed by atoms with Crippen LogP contribution < -0.4 is 30.3 Å². The van der Waals surface area contributed by atoms with Gasteiger partial charge in [-0.05, 0) is 120 Å². The van der Waals surface area contributed by atoms with Crippen molar-refractivity contribution in [1.82, 2.24) is 49.9 Å². The lowest BCUT2D eigenvalue weighted by Gasteiger charge is -2.40. The lowest BCUT2D eigenvalue weighted by atomic mass is 9.95. The van der Waals surface area contributed by atoms with Gasteiger partial charge in [-0.3, -0.25) is 14.7 Å². The Bertz CT molecular complexity index is 3940. The molecular weight excluding hydrogens is 1160 g/mol. The van der Waals surface area contributed by atoms with Gasteiger partial charge in [-0.25, -0.2) is 22.5 Å². The quantitative estimate of drug-likeness (QED) is 0.0630. The highest BCUT2D eigenvalue weighted by Crippen LogP contribution is 2.46. The van der Waals surface area contributed by atoms with Crippen molar-refractivity contribution in [2.75, 3.05) is 88.2 Å². The molecule has 456 valence electrons. The SMILES string of the molecule is C#Cc1c(F)ccc2cc(O)cc(-c3ncc4c(N5CC6CCC(C5)N6)nc(OCC56CCCN5CC(F)C6)nc4c3F)c12.C=CC(=O)N1CCN(c2nc(OCC3CCCN3C)nc3c(F)c(-c4nc(N)cc(C)c4C(F)(F)F)c(Cl)cc23)C(C)C1. The van der Waals surface area contributed by atoms with Crippen molar-refractivity contribution < 1.29 is 50.1 Å². The number of piperazine rings is 2. The lowest BCUT2D eigenvalue weighted by molar-refractivity contribution is -0.137. The van der Waals surface area contributed by atoms with Crippen molar-refractivity contribution in [3.8, 4) is 52.6 Å². The Morgan fingerprint density at radius 1 is 0.920 bits per heavy atom. The first-order chi connectivity index (χ1) is 41.6. The number of nitrogens with one attached hydrogen (secondary N) is 1. The molecule has 87 heavy (non-hydrogen) atoms. The molecule has 2 bridgehead atoms. The first kappa shape index (κ1) is 59.5. The number of likely N-dealkylation sites (N-methyl/N-ethyl adjacent to an activating group) is 1. The number of phenolic OH excluding ortho intramolecular Hbond substituents is 1. The number of hydrogen-bond donors (Lipinski definition) is 3. The van der Waals surface area contributed by atoms with Gasteiger partial charge in [-0.1, -0.05) is 30.2 Å². The number of pyridine rings is 2. The molecular formula is C62H63ClF7N13O4. The van der Waals surface area contributed by atoms with Crippen molar-refractivity contribution in [2.45, 2.75) is 101 Å². The Labute approximate surface area is 501 Å². The minimum Gasteiger partial charge on any atom is -0.508 e. The molecule has 13 rings (SSSR count). The Balaban J connectivity index is 0.000000170. The van der Waals surface area contributed by atoms with Gasteiger partial charge in [0.15, 0.2) is 11.6 Å². The highest BCUT2D eigenvalue weighted by Gasteiger charge is 2.50. The van der Waals surface area contributed by atoms with Crippen molar-refractivity contribution in [2.24, 2.45) is 0 Å². The number of terminal acetylenes is 1. The molecule has 6 fully saturated rings. The van der Waals surface area contributed by atoms with E-state index in [1.165, 1.54) is 49.5 Å². The van der Waals surface area contributed by atoms with Crippen LogP contribution in [0, 0.1) is 36.7 Å². The average molecular weight is 1220 g/mol. The first-order valence-corrected chi connectivity index (χ1v) is 29.4. The van der Waals surface area contributed by atoms with Crippen LogP contribution in [0.4, 0.5) is 48.2 Å². The number of ether oxygens (including phenoxy) is 2. The molecule has 4 N–H and O–H groups in total. The van der Waals surface area contributed by atoms with Crippen LogP contribution in [0.3, 0.4) is 0 Å². The number of benzene rings is 3. The normalized spacial score (nSPS) is 23.1. The highest BCUT2D eigenvalue weighted by atomic mass is 35.5. The van der Waals surface area contributed by atoms with Gasteiger partial charge in [0.25, 0.3) is 0 Å². The fraction of sp³-hybridized carbons (Fsp3) is 0.435. The minimum atomic E-state index is -4.86. The average Bonchev–Trinajstić information content (AvgIpc) is 1.47. The minimum absolute atomic E-state index is 0.00778. The number of nitrogen functional groups attached to an aromatic ring is 1. The summed E-state index contributed by atoms with van der Waals surface area (Å²) in [7, 11) is 1.98. The number of carbonyl (C=O) groups excluding carboxylic acids is 1. The Morgan fingerprint density at radius 3 is 2.36 bits per heavy atom. The van der Waals surface area contributed by atoms with Crippen LogP contribution in [0.1, 0.15) is 68.6 Å². The van der Waals surface area contributed by atoms with E-state index < -0.39 is 52.2 Å². The maximum atomic E-state index is 16.7. The number of fused-ring (bicyclic) bond motifs is 6. The van der Waals surface area contributed by atoms with E-state index >= 15 is 8.78 Å². The fourth-order valence-corrected chi connectivity index (χ4v) is 14.0. The molecule has 6 aliphatic heterocycles. The van der Waals surface area contributed by atoms with Crippen LogP contribution in [0.5, 0.6) is 17.8 Å². The molecule has 0 aliphatic carbocycles. The van der Waals surface area contributed by atoms with Gasteiger partial charge in [-0.2, -0.15) is 33.1 Å². The molecule has 0 saturated carbocycles. The number of alkyl halides is 4. The van der Waals surface area contributed by atoms with E-state index in [4.69, 9.17) is 38.2 Å². The van der Waals surface area contributed by atoms with E-state index in [0.717, 1.165) is 57.7 Å². The number of amides is 1. The maximum absolute atomic E-state index is 16.7. The number of rotatable bonds is 11. The molecule has 3 aromatic carbocycles. The van der Waals surface area contributed by atoms with E-state index in [1.807, 2.05) is 18.9 Å². The third-order valence-electron chi connectivity index (χ3n) is 17.9. The second kappa shape index (κ2) is 23.3. The molecule has 6 unspecified atom stereocenters. The first-order valence-electron chi connectivity index (χ1n) is 29.0. The molecule has 6 atom stereocenters. The van der Waals surface area contributed by atoms with Gasteiger partial charge in [0.05, 0.1) is 38.3 Å². The van der Waals surface area contributed by atoms with E-state index in [2.05, 4.69) is 57.4 Å². The van der Waals surface area contributed by atoms with Crippen LogP contribution >= 0.6 is 11.6 Å². The zero-order valence-electron chi connectivity index (χ0n) is 48.0. The number of phenols is 1. The van der Waals surface area contributed by atoms with Crippen LogP contribution in [0.25, 0.3) is 55.1 Å². The van der Waals surface area contributed by atoms with Crippen molar-refractivity contribution >= 4 is 67.5 Å². The lowest BCUT2D eigenvalue weighted by Crippen LogP contribution is -2.53. The van der Waals surface area contributed by atoms with Crippen LogP contribution in [-0.4, -0.2) is 164 Å². The summed E-state index contributed by atoms with van der Waals surface area (Å²) in [6.45, 7) is 11.6. The van der Waals surface area contributed by atoms with E-state index in [1.54, 1.807) is 4.90 Å². The second-order valence-corrected chi connectivity index (χ2v) is 24.0. The summed E-state index contributed by atoms with van der Waals surface area (Å²) in [5, 5.41) is 15.1. The highest BCUT2D eigenvalue weighted by molar-refractivity contribution is 6.34. The summed E-state index contributed by atoms with van der Waals surface area (Å²) in [6, 6.07) is 8.20. The number of carbonyl (C=O) groups is 1. The molecule has 7 aromatic rings. The number of halogens is 8. The molecule has 4 aromatic heterocycles.